The van der Waals surface area contributed by atoms with E-state index in [9.17, 15) is 58.2 Å². The molecule has 0 saturated heterocycles. The van der Waals surface area contributed by atoms with Gasteiger partial charge in [-0.05, 0) is 57.4 Å². The second-order valence-corrected chi connectivity index (χ2v) is 14.4. The molecule has 0 unspecified atom stereocenters. The Hall–Kier alpha value is -5.42. The smallest absolute Gasteiger partial charge is 0.328 e. The molecule has 0 saturated carbocycles. The van der Waals surface area contributed by atoms with Gasteiger partial charge in [0, 0.05) is 6.42 Å². The van der Waals surface area contributed by atoms with Crippen molar-refractivity contribution < 1.29 is 58.2 Å². The van der Waals surface area contributed by atoms with Crippen LogP contribution >= 0.6 is 0 Å². The van der Waals surface area contributed by atoms with E-state index in [0.29, 0.717) is 6.42 Å². The molecule has 18 N–H and O–H groups in total. The predicted octanol–water partition coefficient (Wildman–Crippen LogP) is -5.46. The first-order valence-corrected chi connectivity index (χ1v) is 18.4. The van der Waals surface area contributed by atoms with Gasteiger partial charge in [0.05, 0.1) is 25.0 Å². The fourth-order valence-electron chi connectivity index (χ4n) is 5.27. The van der Waals surface area contributed by atoms with Gasteiger partial charge in [0.1, 0.15) is 30.2 Å². The lowest BCUT2D eigenvalue weighted by Crippen LogP contribution is -2.61. The standard InChI is InChI=1S/C34H61N11O12/c1-15(2)12-18(36)28(50)42-21(13-24(38)48)31(53)41-20(9-10-23(37)47)30(52)40-19(8-6-7-11-35)29(51)43-22(14-25(39)49)32(54)44-26(16(3)4)33(55)45-27(17(5)46)34(56)57/h15-22,26-27,46H,6-14,35-36H2,1-5H3,(H2,37,47)(H2,38,48)(H2,39,49)(H,40,52)(H,41,53)(H,42,50)(H,43,51)(H,44,54)(H,45,55)(H,56,57)/t17-,18+,19+,20+,21+,22+,26+,27+/m1/s1. The second kappa shape index (κ2) is 25.7. The molecule has 0 aromatic heterocycles. The maximum atomic E-state index is 13.7. The van der Waals surface area contributed by atoms with Crippen LogP contribution in [0.15, 0.2) is 0 Å². The lowest BCUT2D eigenvalue weighted by molar-refractivity contribution is -0.145. The third-order valence-electron chi connectivity index (χ3n) is 8.32. The fraction of sp³-hybridized carbons (Fsp3) is 0.706. The van der Waals surface area contributed by atoms with E-state index in [4.69, 9.17) is 28.7 Å². The Morgan fingerprint density at radius 2 is 0.965 bits per heavy atom. The van der Waals surface area contributed by atoms with Crippen LogP contribution in [0.1, 0.15) is 86.0 Å². The van der Waals surface area contributed by atoms with Gasteiger partial charge in [0.25, 0.3) is 0 Å². The number of nitrogens with two attached hydrogens (primary N) is 5. The highest BCUT2D eigenvalue weighted by Crippen LogP contribution is 2.09. The van der Waals surface area contributed by atoms with E-state index in [1.54, 1.807) is 0 Å². The highest BCUT2D eigenvalue weighted by molar-refractivity contribution is 5.99. The summed E-state index contributed by atoms with van der Waals surface area (Å²) in [5, 5.41) is 33.0. The topological polar surface area (TPSA) is 413 Å². The SMILES string of the molecule is CC(C)C[C@H](N)C(=O)N[C@@H](CC(N)=O)C(=O)N[C@@H](CCC(N)=O)C(=O)N[C@@H](CCCCN)C(=O)N[C@@H](CC(N)=O)C(=O)N[C@H](C(=O)N[C@H](C(=O)O)[C@@H](C)O)C(C)C. The Kier molecular flexibility index (Phi) is 23.2. The summed E-state index contributed by atoms with van der Waals surface area (Å²) < 4.78 is 0. The van der Waals surface area contributed by atoms with E-state index in [-0.39, 0.29) is 31.7 Å². The van der Waals surface area contributed by atoms with Crippen LogP contribution in [0.3, 0.4) is 0 Å². The molecule has 0 aliphatic rings. The number of rotatable bonds is 28. The van der Waals surface area contributed by atoms with Crippen molar-refractivity contribution in [2.75, 3.05) is 6.54 Å². The molecule has 324 valence electrons. The number of amides is 9. The Bertz CT molecular complexity index is 1440. The van der Waals surface area contributed by atoms with E-state index < -0.39 is 139 Å². The van der Waals surface area contributed by atoms with E-state index in [1.807, 2.05) is 13.8 Å². The maximum absolute atomic E-state index is 13.7. The molecule has 0 fully saturated rings. The molecule has 0 radical (unpaired) electrons. The summed E-state index contributed by atoms with van der Waals surface area (Å²) in [6.45, 7) is 7.95. The molecule has 9 amide bonds. The van der Waals surface area contributed by atoms with Crippen molar-refractivity contribution in [2.45, 2.75) is 134 Å². The number of aliphatic hydroxyl groups is 1. The number of unbranched alkanes of at least 4 members (excludes halogenated alkanes) is 1. The molecule has 0 rings (SSSR count). The second-order valence-electron chi connectivity index (χ2n) is 14.4. The predicted molar refractivity (Wildman–Crippen MR) is 202 cm³/mol. The molecular weight excluding hydrogens is 754 g/mol. The highest BCUT2D eigenvalue weighted by atomic mass is 16.4. The van der Waals surface area contributed by atoms with Gasteiger partial charge in [0.15, 0.2) is 6.04 Å². The Morgan fingerprint density at radius 1 is 0.544 bits per heavy atom. The lowest BCUT2D eigenvalue weighted by atomic mass is 10.0. The minimum Gasteiger partial charge on any atom is -0.480 e. The third-order valence-corrected chi connectivity index (χ3v) is 8.32. The van der Waals surface area contributed by atoms with Crippen molar-refractivity contribution in [3.8, 4) is 0 Å². The van der Waals surface area contributed by atoms with E-state index in [1.165, 1.54) is 13.8 Å². The largest absolute Gasteiger partial charge is 0.480 e. The summed E-state index contributed by atoms with van der Waals surface area (Å²) in [5.41, 5.74) is 27.4. The minimum atomic E-state index is -1.73. The van der Waals surface area contributed by atoms with Crippen molar-refractivity contribution in [3.63, 3.8) is 0 Å². The summed E-state index contributed by atoms with van der Waals surface area (Å²) in [6.07, 6.45) is -3.09. The van der Waals surface area contributed by atoms with Gasteiger partial charge in [-0.3, -0.25) is 43.2 Å². The number of nitrogens with one attached hydrogen (secondary N) is 6. The molecule has 0 heterocycles. The molecule has 0 bridgehead atoms. The minimum absolute atomic E-state index is 0.00455. The zero-order chi connectivity index (χ0) is 44.2. The maximum Gasteiger partial charge on any atom is 0.328 e. The number of aliphatic hydroxyl groups excluding tert-OH is 1. The first kappa shape index (κ1) is 51.6. The number of primary amides is 3. The molecule has 0 aromatic carbocycles. The Balaban J connectivity index is 6.45. The van der Waals surface area contributed by atoms with Crippen LogP contribution in [0, 0.1) is 11.8 Å². The zero-order valence-corrected chi connectivity index (χ0v) is 33.0. The molecule has 23 nitrogen and oxygen atoms in total. The summed E-state index contributed by atoms with van der Waals surface area (Å²) >= 11 is 0. The van der Waals surface area contributed by atoms with Gasteiger partial charge in [-0.15, -0.1) is 0 Å². The van der Waals surface area contributed by atoms with Crippen LogP contribution in [0.4, 0.5) is 0 Å². The van der Waals surface area contributed by atoms with Crippen LogP contribution < -0.4 is 60.6 Å². The number of carbonyl (C=O) groups excluding carboxylic acids is 9. The average Bonchev–Trinajstić information content (AvgIpc) is 3.08. The molecule has 0 aliphatic heterocycles. The zero-order valence-electron chi connectivity index (χ0n) is 33.0. The van der Waals surface area contributed by atoms with Gasteiger partial charge < -0.3 is 70.8 Å². The van der Waals surface area contributed by atoms with E-state index in [2.05, 4.69) is 31.9 Å². The lowest BCUT2D eigenvalue weighted by Gasteiger charge is -2.28. The number of carbonyl (C=O) groups is 10. The first-order valence-electron chi connectivity index (χ1n) is 18.4. The van der Waals surface area contributed by atoms with Crippen LogP contribution in [-0.2, 0) is 47.9 Å². The summed E-state index contributed by atoms with van der Waals surface area (Å²) in [4.78, 5) is 127. The van der Waals surface area contributed by atoms with Crippen LogP contribution in [0.2, 0.25) is 0 Å². The molecule has 0 aliphatic carbocycles. The molecule has 23 heteroatoms. The van der Waals surface area contributed by atoms with E-state index >= 15 is 0 Å². The quantitative estimate of drug-likeness (QED) is 0.0328. The number of hydrogen-bond donors (Lipinski definition) is 13. The molecule has 8 atom stereocenters. The van der Waals surface area contributed by atoms with Gasteiger partial charge >= 0.3 is 5.97 Å². The number of carboxylic acid groups (broad SMARTS) is 1. The first-order chi connectivity index (χ1) is 26.4. The monoisotopic (exact) mass is 815 g/mol. The molecule has 57 heavy (non-hydrogen) atoms. The van der Waals surface area contributed by atoms with Gasteiger partial charge in [-0.2, -0.15) is 0 Å². The van der Waals surface area contributed by atoms with Crippen molar-refractivity contribution >= 4 is 59.1 Å². The molecule has 0 spiro atoms. The summed E-state index contributed by atoms with van der Waals surface area (Å²) in [7, 11) is 0. The average molecular weight is 816 g/mol. The van der Waals surface area contributed by atoms with Crippen molar-refractivity contribution in [1.82, 2.24) is 31.9 Å². The van der Waals surface area contributed by atoms with Crippen molar-refractivity contribution in [3.05, 3.63) is 0 Å². The Labute approximate surface area is 330 Å². The summed E-state index contributed by atoms with van der Waals surface area (Å²) in [5.74, 6) is -11.1. The number of aliphatic carboxylic acids is 1. The number of carboxylic acids is 1. The summed E-state index contributed by atoms with van der Waals surface area (Å²) in [6, 6.07) is -10.6. The molecular formula is C34H61N11O12. The van der Waals surface area contributed by atoms with Crippen LogP contribution in [0.5, 0.6) is 0 Å². The van der Waals surface area contributed by atoms with E-state index in [0.717, 1.165) is 6.92 Å². The Morgan fingerprint density at radius 3 is 1.37 bits per heavy atom. The molecule has 0 aromatic rings. The van der Waals surface area contributed by atoms with Gasteiger partial charge in [-0.1, -0.05) is 27.7 Å². The third kappa shape index (κ3) is 20.4. The number of hydrogen-bond acceptors (Lipinski definition) is 13. The van der Waals surface area contributed by atoms with Crippen molar-refractivity contribution in [2.24, 2.45) is 40.5 Å². The fourth-order valence-corrected chi connectivity index (χ4v) is 5.27. The van der Waals surface area contributed by atoms with Crippen molar-refractivity contribution in [1.29, 1.82) is 0 Å². The normalized spacial score (nSPS) is 15.3. The van der Waals surface area contributed by atoms with Crippen LogP contribution in [-0.4, -0.2) is 124 Å². The highest BCUT2D eigenvalue weighted by Gasteiger charge is 2.36. The van der Waals surface area contributed by atoms with Gasteiger partial charge in [-0.25, -0.2) is 4.79 Å². The van der Waals surface area contributed by atoms with Gasteiger partial charge in [0.2, 0.25) is 53.2 Å². The van der Waals surface area contributed by atoms with Crippen LogP contribution in [0.25, 0.3) is 0 Å².